The van der Waals surface area contributed by atoms with Gasteiger partial charge in [-0.1, -0.05) is 11.8 Å². The maximum Gasteiger partial charge on any atom is 0.131 e. The van der Waals surface area contributed by atoms with Gasteiger partial charge in [0.25, 0.3) is 0 Å². The van der Waals surface area contributed by atoms with Crippen LogP contribution in [-0.2, 0) is 16.3 Å². The van der Waals surface area contributed by atoms with Gasteiger partial charge in [-0.2, -0.15) is 0 Å². The van der Waals surface area contributed by atoms with E-state index in [0.29, 0.717) is 6.61 Å². The molecule has 0 aliphatic carbocycles. The van der Waals surface area contributed by atoms with Crippen molar-refractivity contribution >= 4 is 18.2 Å². The number of nitrogens with zero attached hydrogens (tertiary/aromatic N) is 1. The van der Waals surface area contributed by atoms with Gasteiger partial charge in [-0.25, -0.2) is 0 Å². The topological polar surface area (TPSA) is 12.5 Å². The van der Waals surface area contributed by atoms with Crippen LogP contribution >= 0.6 is 6.42 Å². The van der Waals surface area contributed by atoms with Crippen LogP contribution in [0.5, 0.6) is 0 Å². The van der Waals surface area contributed by atoms with Crippen LogP contribution in [0.15, 0.2) is 0 Å². The van der Waals surface area contributed by atoms with Gasteiger partial charge in [0.05, 0.1) is 6.61 Å². The van der Waals surface area contributed by atoms with Crippen LogP contribution < -0.4 is 0 Å². The largest absolute Gasteiger partial charge is 0.336 e. The summed E-state index contributed by atoms with van der Waals surface area (Å²) in [5.41, 5.74) is 0. The Hall–Kier alpha value is 0.130. The molecule has 0 aromatic heterocycles. The highest BCUT2D eigenvalue weighted by Crippen LogP contribution is 2.53. The summed E-state index contributed by atoms with van der Waals surface area (Å²) >= 11 is 5.42. The average molecular weight is 203 g/mol. The van der Waals surface area contributed by atoms with Crippen molar-refractivity contribution in [2.24, 2.45) is 5.92 Å². The first-order valence-corrected chi connectivity index (χ1v) is 6.82. The fourth-order valence-corrected chi connectivity index (χ4v) is 3.43. The summed E-state index contributed by atoms with van der Waals surface area (Å²) in [5.74, 6) is 2.99. The molecule has 2 nitrogen and oxygen atoms in total. The zero-order valence-electron chi connectivity index (χ0n) is 7.49. The summed E-state index contributed by atoms with van der Waals surface area (Å²) in [6, 6.07) is 0. The molecule has 0 amide bonds. The first-order valence-electron chi connectivity index (χ1n) is 3.96. The summed E-state index contributed by atoms with van der Waals surface area (Å²) in [6.07, 6.45) is 5.61. The monoisotopic (exact) mass is 203 g/mol. The second-order valence-electron chi connectivity index (χ2n) is 3.16. The molecule has 1 saturated heterocycles. The van der Waals surface area contributed by atoms with E-state index in [-0.39, 0.29) is 5.92 Å². The van der Waals surface area contributed by atoms with Gasteiger partial charge in [0.15, 0.2) is 0 Å². The van der Waals surface area contributed by atoms with Crippen molar-refractivity contribution in [2.45, 2.75) is 6.42 Å². The number of rotatable bonds is 1. The lowest BCUT2D eigenvalue weighted by molar-refractivity contribution is 0.263. The third-order valence-electron chi connectivity index (χ3n) is 2.08. The average Bonchev–Trinajstić information content (AvgIpc) is 2.06. The van der Waals surface area contributed by atoms with E-state index in [2.05, 4.69) is 5.92 Å². The Bertz CT molecular complexity index is 234. The Labute approximate surface area is 79.4 Å². The van der Waals surface area contributed by atoms with E-state index in [4.69, 9.17) is 22.8 Å². The summed E-state index contributed by atoms with van der Waals surface area (Å²) in [5, 5.41) is 0. The van der Waals surface area contributed by atoms with Crippen molar-refractivity contribution in [3.63, 3.8) is 0 Å². The SMILES string of the molecule is C#CC1CCP(=S)(N(C)C)OC1. The van der Waals surface area contributed by atoms with Crippen molar-refractivity contribution in [3.05, 3.63) is 0 Å². The lowest BCUT2D eigenvalue weighted by atomic mass is 10.1. The fraction of sp³-hybridized carbons (Fsp3) is 0.750. The summed E-state index contributed by atoms with van der Waals surface area (Å²) in [7, 11) is 3.97. The molecule has 0 aromatic carbocycles. The molecule has 0 N–H and O–H groups in total. The Balaban J connectivity index is 2.57. The molecule has 12 heavy (non-hydrogen) atoms. The molecule has 0 saturated carbocycles. The Morgan fingerprint density at radius 3 is 2.67 bits per heavy atom. The summed E-state index contributed by atoms with van der Waals surface area (Å²) in [4.78, 5) is 0. The van der Waals surface area contributed by atoms with E-state index >= 15 is 0 Å². The molecule has 0 bridgehead atoms. The van der Waals surface area contributed by atoms with Crippen molar-refractivity contribution in [2.75, 3.05) is 26.9 Å². The maximum absolute atomic E-state index is 5.64. The lowest BCUT2D eigenvalue weighted by Gasteiger charge is -2.34. The minimum atomic E-state index is -1.66. The van der Waals surface area contributed by atoms with Crippen molar-refractivity contribution in [1.29, 1.82) is 0 Å². The Kier molecular flexibility index (Phi) is 3.31. The van der Waals surface area contributed by atoms with Gasteiger partial charge in [0, 0.05) is 12.1 Å². The highest BCUT2D eigenvalue weighted by molar-refractivity contribution is 8.11. The van der Waals surface area contributed by atoms with Crippen LogP contribution in [-0.4, -0.2) is 31.5 Å². The molecule has 0 radical (unpaired) electrons. The highest BCUT2D eigenvalue weighted by atomic mass is 32.4. The van der Waals surface area contributed by atoms with Gasteiger partial charge in [-0.15, -0.1) is 12.3 Å². The van der Waals surface area contributed by atoms with E-state index in [0.717, 1.165) is 12.6 Å². The van der Waals surface area contributed by atoms with E-state index in [9.17, 15) is 0 Å². The minimum absolute atomic E-state index is 0.279. The van der Waals surface area contributed by atoms with Crippen LogP contribution in [0, 0.1) is 18.3 Å². The Morgan fingerprint density at radius 1 is 1.67 bits per heavy atom. The highest BCUT2D eigenvalue weighted by Gasteiger charge is 2.27. The van der Waals surface area contributed by atoms with Gasteiger partial charge >= 0.3 is 0 Å². The standard InChI is InChI=1S/C8H14NOPS/c1-4-8-5-6-11(12,9(2)3)10-7-8/h1,8H,5-7H2,2-3H3. The van der Waals surface area contributed by atoms with Gasteiger partial charge in [-0.05, 0) is 20.5 Å². The molecule has 0 spiro atoms. The molecule has 1 aliphatic rings. The van der Waals surface area contributed by atoms with Gasteiger partial charge in [0.1, 0.15) is 6.42 Å². The van der Waals surface area contributed by atoms with Crippen LogP contribution in [0.2, 0.25) is 0 Å². The molecule has 0 aromatic rings. The number of terminal acetylenes is 1. The van der Waals surface area contributed by atoms with Crippen LogP contribution in [0.3, 0.4) is 0 Å². The Morgan fingerprint density at radius 2 is 2.33 bits per heavy atom. The van der Waals surface area contributed by atoms with E-state index < -0.39 is 6.42 Å². The first-order chi connectivity index (χ1) is 5.58. The molecule has 68 valence electrons. The summed E-state index contributed by atoms with van der Waals surface area (Å²) < 4.78 is 7.68. The molecule has 1 aliphatic heterocycles. The molecule has 2 unspecified atom stereocenters. The quantitative estimate of drug-likeness (QED) is 0.473. The molecular formula is C8H14NOPS. The van der Waals surface area contributed by atoms with E-state index in [1.807, 2.05) is 18.8 Å². The van der Waals surface area contributed by atoms with Crippen LogP contribution in [0.25, 0.3) is 0 Å². The van der Waals surface area contributed by atoms with E-state index in [1.165, 1.54) is 0 Å². The second-order valence-corrected chi connectivity index (χ2v) is 7.65. The minimum Gasteiger partial charge on any atom is -0.336 e. The van der Waals surface area contributed by atoms with Crippen molar-refractivity contribution < 1.29 is 4.52 Å². The molecule has 1 heterocycles. The smallest absolute Gasteiger partial charge is 0.131 e. The van der Waals surface area contributed by atoms with Gasteiger partial charge in [-0.3, -0.25) is 4.67 Å². The number of hydrogen-bond acceptors (Lipinski definition) is 2. The molecule has 1 fully saturated rings. The molecular weight excluding hydrogens is 189 g/mol. The first kappa shape index (κ1) is 10.2. The third kappa shape index (κ3) is 2.08. The van der Waals surface area contributed by atoms with Crippen molar-refractivity contribution in [1.82, 2.24) is 4.67 Å². The third-order valence-corrected chi connectivity index (χ3v) is 6.52. The normalized spacial score (nSPS) is 36.3. The second kappa shape index (κ2) is 3.89. The van der Waals surface area contributed by atoms with E-state index in [1.54, 1.807) is 0 Å². The van der Waals surface area contributed by atoms with Crippen LogP contribution in [0.4, 0.5) is 0 Å². The van der Waals surface area contributed by atoms with Crippen molar-refractivity contribution in [3.8, 4) is 12.3 Å². The fourth-order valence-electron chi connectivity index (χ4n) is 1.12. The molecule has 4 heteroatoms. The molecule has 1 rings (SSSR count). The lowest BCUT2D eigenvalue weighted by Crippen LogP contribution is -2.23. The van der Waals surface area contributed by atoms with Crippen LogP contribution in [0.1, 0.15) is 6.42 Å². The van der Waals surface area contributed by atoms with Gasteiger partial charge < -0.3 is 4.52 Å². The zero-order valence-corrected chi connectivity index (χ0v) is 9.20. The molecule has 2 atom stereocenters. The summed E-state index contributed by atoms with van der Waals surface area (Å²) in [6.45, 7) is 0.645. The number of hydrogen-bond donors (Lipinski definition) is 0. The van der Waals surface area contributed by atoms with Gasteiger partial charge in [0.2, 0.25) is 0 Å². The zero-order chi connectivity index (χ0) is 9.19. The predicted octanol–water partition coefficient (Wildman–Crippen LogP) is 1.53. The predicted molar refractivity (Wildman–Crippen MR) is 55.7 cm³/mol. The maximum atomic E-state index is 5.64.